The first-order valence-electron chi connectivity index (χ1n) is 21.1. The SMILES string of the molecule is CCCCCCCCCCCCCCCC(=O)OCC(COP(=O)(O)OCCN)OC(=O)CCC/C=C\CC1C(O)CC(O)C1/C=C/C(O)CCCCC. The number of carbonyl (C=O) groups is 2. The Bertz CT molecular complexity index is 1060. The summed E-state index contributed by atoms with van der Waals surface area (Å²) < 4.78 is 32.7. The molecule has 0 saturated heterocycles. The van der Waals surface area contributed by atoms with Gasteiger partial charge in [0.1, 0.15) is 6.61 Å². The van der Waals surface area contributed by atoms with Crippen molar-refractivity contribution in [3.05, 3.63) is 24.3 Å². The minimum Gasteiger partial charge on any atom is -0.462 e. The van der Waals surface area contributed by atoms with Gasteiger partial charge in [0.2, 0.25) is 0 Å². The molecule has 1 aliphatic carbocycles. The van der Waals surface area contributed by atoms with E-state index in [4.69, 9.17) is 24.3 Å². The molecule has 0 bridgehead atoms. The molecule has 0 aromatic rings. The number of rotatable bonds is 35. The molecule has 0 radical (unpaired) electrons. The summed E-state index contributed by atoms with van der Waals surface area (Å²) in [5.74, 6) is -1.43. The van der Waals surface area contributed by atoms with Crippen LogP contribution in [0.1, 0.15) is 162 Å². The van der Waals surface area contributed by atoms with Crippen LogP contribution in [0.25, 0.3) is 0 Å². The average molecular weight is 790 g/mol. The summed E-state index contributed by atoms with van der Waals surface area (Å²) >= 11 is 0. The average Bonchev–Trinajstić information content (AvgIpc) is 3.41. The molecule has 7 unspecified atom stereocenters. The lowest BCUT2D eigenvalue weighted by Crippen LogP contribution is -2.29. The van der Waals surface area contributed by atoms with E-state index in [9.17, 15) is 34.4 Å². The molecule has 7 atom stereocenters. The zero-order chi connectivity index (χ0) is 39.9. The highest BCUT2D eigenvalue weighted by atomic mass is 31.2. The van der Waals surface area contributed by atoms with Crippen LogP contribution in [0.4, 0.5) is 0 Å². The van der Waals surface area contributed by atoms with Crippen molar-refractivity contribution in [3.8, 4) is 0 Å². The number of ether oxygens (including phenoxy) is 2. The number of carbonyl (C=O) groups excluding carboxylic acids is 2. The van der Waals surface area contributed by atoms with E-state index in [0.29, 0.717) is 32.1 Å². The topological polar surface area (TPSA) is 195 Å². The first-order valence-corrected chi connectivity index (χ1v) is 22.6. The number of nitrogens with two attached hydrogens (primary N) is 1. The van der Waals surface area contributed by atoms with E-state index in [1.54, 1.807) is 6.08 Å². The Morgan fingerprint density at radius 1 is 0.778 bits per heavy atom. The quantitative estimate of drug-likeness (QED) is 0.0180. The van der Waals surface area contributed by atoms with Crippen molar-refractivity contribution < 1.29 is 52.9 Å². The van der Waals surface area contributed by atoms with Gasteiger partial charge >= 0.3 is 19.8 Å². The second-order valence-electron chi connectivity index (χ2n) is 14.8. The van der Waals surface area contributed by atoms with Crippen molar-refractivity contribution in [1.82, 2.24) is 0 Å². The maximum absolute atomic E-state index is 12.7. The number of phosphoric ester groups is 1. The molecule has 1 rings (SSSR count). The van der Waals surface area contributed by atoms with Crippen LogP contribution in [0.2, 0.25) is 0 Å². The van der Waals surface area contributed by atoms with Gasteiger partial charge in [-0.2, -0.15) is 0 Å². The molecule has 0 aromatic carbocycles. The maximum Gasteiger partial charge on any atom is 0.472 e. The van der Waals surface area contributed by atoms with E-state index in [1.165, 1.54) is 57.8 Å². The van der Waals surface area contributed by atoms with Crippen LogP contribution in [0.15, 0.2) is 24.3 Å². The number of aliphatic hydroxyl groups is 3. The number of hydrogen-bond acceptors (Lipinski definition) is 11. The standard InChI is InChI=1S/C41H76NO11P/c1-3-5-7-8-9-10-11-12-13-14-15-16-21-25-40(46)50-32-35(33-52-54(48,49)51-30-29-42)53-41(47)26-22-18-17-20-24-36-37(39(45)31-38(36)44)28-27-34(43)23-19-6-4-2/h17,20,27-28,34-39,43-45H,3-16,18-19,21-26,29-33,42H2,1-2H3,(H,48,49)/b20-17-,28-27+. The van der Waals surface area contributed by atoms with E-state index in [1.807, 2.05) is 18.2 Å². The first-order chi connectivity index (χ1) is 26.0. The lowest BCUT2D eigenvalue weighted by Gasteiger charge is -2.20. The predicted molar refractivity (Wildman–Crippen MR) is 212 cm³/mol. The lowest BCUT2D eigenvalue weighted by molar-refractivity contribution is -0.161. The van der Waals surface area contributed by atoms with E-state index < -0.39 is 50.8 Å². The molecule has 1 saturated carbocycles. The molecular weight excluding hydrogens is 713 g/mol. The smallest absolute Gasteiger partial charge is 0.462 e. The highest BCUT2D eigenvalue weighted by molar-refractivity contribution is 7.47. The number of esters is 2. The highest BCUT2D eigenvalue weighted by Crippen LogP contribution is 2.43. The fourth-order valence-electron chi connectivity index (χ4n) is 6.69. The summed E-state index contributed by atoms with van der Waals surface area (Å²) in [7, 11) is -4.44. The monoisotopic (exact) mass is 790 g/mol. The summed E-state index contributed by atoms with van der Waals surface area (Å²) in [5.41, 5.74) is 5.34. The van der Waals surface area contributed by atoms with Crippen LogP contribution >= 0.6 is 7.82 Å². The first kappa shape index (κ1) is 50.4. The van der Waals surface area contributed by atoms with Gasteiger partial charge in [-0.1, -0.05) is 134 Å². The molecule has 0 spiro atoms. The zero-order valence-corrected chi connectivity index (χ0v) is 34.4. The van der Waals surface area contributed by atoms with Crippen LogP contribution in [-0.2, 0) is 32.7 Å². The van der Waals surface area contributed by atoms with Crippen molar-refractivity contribution in [3.63, 3.8) is 0 Å². The minimum absolute atomic E-state index is 0.0156. The van der Waals surface area contributed by atoms with Crippen molar-refractivity contribution in [2.75, 3.05) is 26.4 Å². The Morgan fingerprint density at radius 3 is 2.00 bits per heavy atom. The van der Waals surface area contributed by atoms with Crippen LogP contribution in [0.3, 0.4) is 0 Å². The normalized spacial score (nSPS) is 21.1. The molecule has 0 heterocycles. The second kappa shape index (κ2) is 32.5. The van der Waals surface area contributed by atoms with Crippen molar-refractivity contribution in [2.24, 2.45) is 17.6 Å². The van der Waals surface area contributed by atoms with Crippen molar-refractivity contribution >= 4 is 19.8 Å². The molecule has 316 valence electrons. The number of hydrogen-bond donors (Lipinski definition) is 5. The molecule has 0 amide bonds. The minimum atomic E-state index is -4.44. The number of unbranched alkanes of at least 4 members (excludes halogenated alkanes) is 15. The third kappa shape index (κ3) is 26.3. The molecule has 0 aromatic heterocycles. The molecule has 54 heavy (non-hydrogen) atoms. The van der Waals surface area contributed by atoms with Gasteiger partial charge in [-0.05, 0) is 38.0 Å². The van der Waals surface area contributed by atoms with Gasteiger partial charge in [0.15, 0.2) is 6.10 Å². The Hall–Kier alpha value is -1.63. The van der Waals surface area contributed by atoms with Gasteiger partial charge in [-0.15, -0.1) is 0 Å². The number of aliphatic hydroxyl groups excluding tert-OH is 3. The van der Waals surface area contributed by atoms with Gasteiger partial charge in [0.05, 0.1) is 31.5 Å². The Balaban J connectivity index is 2.44. The van der Waals surface area contributed by atoms with Gasteiger partial charge < -0.3 is 35.4 Å². The summed E-state index contributed by atoms with van der Waals surface area (Å²) in [6.45, 7) is 3.34. The van der Waals surface area contributed by atoms with Crippen LogP contribution in [0, 0.1) is 11.8 Å². The third-order valence-electron chi connectivity index (χ3n) is 9.91. The van der Waals surface area contributed by atoms with Crippen molar-refractivity contribution in [2.45, 2.75) is 186 Å². The second-order valence-corrected chi connectivity index (χ2v) is 16.3. The Morgan fingerprint density at radius 2 is 1.37 bits per heavy atom. The number of allylic oxidation sites excluding steroid dienone is 2. The van der Waals surface area contributed by atoms with Crippen LogP contribution in [-0.4, -0.2) is 82.9 Å². The predicted octanol–water partition coefficient (Wildman–Crippen LogP) is 7.99. The van der Waals surface area contributed by atoms with E-state index in [2.05, 4.69) is 13.8 Å². The van der Waals surface area contributed by atoms with Crippen LogP contribution < -0.4 is 5.73 Å². The summed E-state index contributed by atoms with van der Waals surface area (Å²) in [6, 6.07) is 0. The van der Waals surface area contributed by atoms with E-state index in [0.717, 1.165) is 38.5 Å². The van der Waals surface area contributed by atoms with E-state index >= 15 is 0 Å². The van der Waals surface area contributed by atoms with Crippen molar-refractivity contribution in [1.29, 1.82) is 0 Å². The number of phosphoric acid groups is 1. The Kier molecular flexibility index (Phi) is 30.3. The highest BCUT2D eigenvalue weighted by Gasteiger charge is 2.39. The van der Waals surface area contributed by atoms with Gasteiger partial charge in [0, 0.05) is 31.7 Å². The molecule has 1 fully saturated rings. The fourth-order valence-corrected chi connectivity index (χ4v) is 7.45. The summed E-state index contributed by atoms with van der Waals surface area (Å²) in [4.78, 5) is 35.0. The molecule has 12 nitrogen and oxygen atoms in total. The molecule has 0 aliphatic heterocycles. The molecule has 1 aliphatic rings. The van der Waals surface area contributed by atoms with E-state index in [-0.39, 0.29) is 50.9 Å². The maximum atomic E-state index is 12.7. The fraction of sp³-hybridized carbons (Fsp3) is 0.854. The summed E-state index contributed by atoms with van der Waals surface area (Å²) in [6.07, 6.45) is 25.9. The van der Waals surface area contributed by atoms with Gasteiger partial charge in [0.25, 0.3) is 0 Å². The van der Waals surface area contributed by atoms with Crippen LogP contribution in [0.5, 0.6) is 0 Å². The zero-order valence-electron chi connectivity index (χ0n) is 33.5. The lowest BCUT2D eigenvalue weighted by atomic mass is 9.89. The molecule has 13 heteroatoms. The molecule has 6 N–H and O–H groups in total. The third-order valence-corrected chi connectivity index (χ3v) is 10.9. The largest absolute Gasteiger partial charge is 0.472 e. The van der Waals surface area contributed by atoms with Gasteiger partial charge in [-0.25, -0.2) is 4.57 Å². The van der Waals surface area contributed by atoms with Gasteiger partial charge in [-0.3, -0.25) is 18.6 Å². The Labute approximate surface area is 326 Å². The summed E-state index contributed by atoms with van der Waals surface area (Å²) in [5, 5.41) is 31.3. The molecular formula is C41H76NO11P.